The lowest BCUT2D eigenvalue weighted by Crippen LogP contribution is -2.63. The summed E-state index contributed by atoms with van der Waals surface area (Å²) in [6.45, 7) is 3.88. The average Bonchev–Trinajstić information content (AvgIpc) is 2.89. The molecule has 1 saturated carbocycles. The van der Waals surface area contributed by atoms with E-state index in [9.17, 15) is 14.4 Å². The van der Waals surface area contributed by atoms with Gasteiger partial charge >= 0.3 is 5.97 Å². The van der Waals surface area contributed by atoms with Gasteiger partial charge in [-0.1, -0.05) is 25.7 Å². The number of amides is 2. The first-order valence-corrected chi connectivity index (χ1v) is 9.71. The van der Waals surface area contributed by atoms with Gasteiger partial charge in [0, 0.05) is 19.2 Å². The van der Waals surface area contributed by atoms with Crippen LogP contribution in [-0.4, -0.2) is 57.7 Å². The molecule has 1 aliphatic heterocycles. The average molecular weight is 376 g/mol. The van der Waals surface area contributed by atoms with Crippen LogP contribution >= 0.6 is 0 Å². The maximum absolute atomic E-state index is 13.1. The Morgan fingerprint density at radius 3 is 2.59 bits per heavy atom. The van der Waals surface area contributed by atoms with Crippen molar-refractivity contribution in [3.05, 3.63) is 17.5 Å². The van der Waals surface area contributed by atoms with Gasteiger partial charge in [0.1, 0.15) is 11.2 Å². The minimum absolute atomic E-state index is 0.0852. The second-order valence-electron chi connectivity index (χ2n) is 7.59. The van der Waals surface area contributed by atoms with Gasteiger partial charge < -0.3 is 15.0 Å². The van der Waals surface area contributed by atoms with Crippen molar-refractivity contribution in [1.29, 1.82) is 0 Å². The van der Waals surface area contributed by atoms with Crippen LogP contribution in [0.2, 0.25) is 0 Å². The first kappa shape index (κ1) is 19.4. The lowest BCUT2D eigenvalue weighted by molar-refractivity contribution is -0.133. The molecule has 8 heteroatoms. The highest BCUT2D eigenvalue weighted by atomic mass is 16.5. The summed E-state index contributed by atoms with van der Waals surface area (Å²) in [4.78, 5) is 39.3. The zero-order valence-electron chi connectivity index (χ0n) is 16.3. The zero-order valence-corrected chi connectivity index (χ0v) is 16.3. The summed E-state index contributed by atoms with van der Waals surface area (Å²) >= 11 is 0. The molecule has 0 bridgehead atoms. The van der Waals surface area contributed by atoms with Gasteiger partial charge in [0.2, 0.25) is 5.91 Å². The quantitative estimate of drug-likeness (QED) is 0.638. The number of fused-ring (bicyclic) bond motifs is 1. The molecule has 0 radical (unpaired) electrons. The molecule has 0 spiro atoms. The van der Waals surface area contributed by atoms with Gasteiger partial charge in [0.15, 0.2) is 5.69 Å². The number of hydrogen-bond donors (Lipinski definition) is 1. The minimum Gasteiger partial charge on any atom is -0.461 e. The van der Waals surface area contributed by atoms with Crippen LogP contribution in [0, 0.1) is 0 Å². The highest BCUT2D eigenvalue weighted by Gasteiger charge is 2.46. The Hall–Kier alpha value is -2.38. The van der Waals surface area contributed by atoms with E-state index in [-0.39, 0.29) is 36.7 Å². The van der Waals surface area contributed by atoms with Crippen LogP contribution in [0.25, 0.3) is 0 Å². The molecule has 1 aromatic heterocycles. The smallest absolute Gasteiger partial charge is 0.358 e. The minimum atomic E-state index is -1.06. The predicted molar refractivity (Wildman–Crippen MR) is 98.3 cm³/mol. The van der Waals surface area contributed by atoms with Crippen molar-refractivity contribution >= 4 is 17.8 Å². The molecule has 0 aromatic carbocycles. The molecule has 0 saturated heterocycles. The van der Waals surface area contributed by atoms with Gasteiger partial charge in [0.05, 0.1) is 13.2 Å². The summed E-state index contributed by atoms with van der Waals surface area (Å²) in [5, 5.41) is 7.34. The fourth-order valence-corrected chi connectivity index (χ4v) is 3.80. The van der Waals surface area contributed by atoms with Crippen LogP contribution < -0.4 is 5.32 Å². The highest BCUT2D eigenvalue weighted by Crippen LogP contribution is 2.27. The van der Waals surface area contributed by atoms with Crippen LogP contribution in [0.5, 0.6) is 0 Å². The first-order valence-electron chi connectivity index (χ1n) is 9.71. The number of hydrogen-bond acceptors (Lipinski definition) is 5. The molecule has 148 valence electrons. The number of likely N-dealkylation sites (N-methyl/N-ethyl adjacent to an activating group) is 1. The van der Waals surface area contributed by atoms with E-state index in [0.29, 0.717) is 5.69 Å². The van der Waals surface area contributed by atoms with Crippen molar-refractivity contribution < 1.29 is 19.1 Å². The molecule has 27 heavy (non-hydrogen) atoms. The molecule has 1 atom stereocenters. The van der Waals surface area contributed by atoms with Crippen molar-refractivity contribution in [2.45, 2.75) is 70.5 Å². The summed E-state index contributed by atoms with van der Waals surface area (Å²) in [6.07, 6.45) is 6.58. The Labute approximate surface area is 159 Å². The van der Waals surface area contributed by atoms with E-state index in [1.165, 1.54) is 28.5 Å². The fraction of sp³-hybridized carbons (Fsp3) is 0.684. The first-order chi connectivity index (χ1) is 12.9. The molecule has 1 aromatic rings. The number of nitrogens with zero attached hydrogens (tertiary/aromatic N) is 3. The maximum atomic E-state index is 13.1. The van der Waals surface area contributed by atoms with Gasteiger partial charge in [-0.15, -0.1) is 0 Å². The third-order valence-electron chi connectivity index (χ3n) is 5.67. The molecule has 0 unspecified atom stereocenters. The number of ether oxygens (including phenoxy) is 1. The monoisotopic (exact) mass is 376 g/mol. The Balaban J connectivity index is 1.81. The van der Waals surface area contributed by atoms with Gasteiger partial charge in [0.25, 0.3) is 5.91 Å². The van der Waals surface area contributed by atoms with Crippen molar-refractivity contribution in [3.8, 4) is 0 Å². The number of carbonyl (C=O) groups excluding carboxylic acids is 3. The van der Waals surface area contributed by atoms with Gasteiger partial charge in [-0.25, -0.2) is 4.79 Å². The van der Waals surface area contributed by atoms with E-state index in [2.05, 4.69) is 10.4 Å². The van der Waals surface area contributed by atoms with E-state index in [1.54, 1.807) is 20.9 Å². The molecule has 3 rings (SSSR count). The lowest BCUT2D eigenvalue weighted by Gasteiger charge is -2.41. The van der Waals surface area contributed by atoms with E-state index in [0.717, 1.165) is 25.7 Å². The van der Waals surface area contributed by atoms with Crippen LogP contribution in [0.3, 0.4) is 0 Å². The molecule has 2 amide bonds. The number of nitrogens with one attached hydrogen (secondary N) is 1. The Kier molecular flexibility index (Phi) is 5.53. The van der Waals surface area contributed by atoms with E-state index in [4.69, 9.17) is 4.74 Å². The third kappa shape index (κ3) is 3.70. The number of esters is 1. The molecular formula is C19H28N4O4. The van der Waals surface area contributed by atoms with Gasteiger partial charge in [-0.2, -0.15) is 5.10 Å². The Morgan fingerprint density at radius 1 is 1.30 bits per heavy atom. The summed E-state index contributed by atoms with van der Waals surface area (Å²) in [7, 11) is 1.62. The SMILES string of the molecule is CCOC(=O)c1cc2n(n1)C[C@](C)(C(=O)NC1CCCCCC1)N(C)C2=O. The maximum Gasteiger partial charge on any atom is 0.358 e. The molecule has 1 aliphatic carbocycles. The van der Waals surface area contributed by atoms with E-state index in [1.807, 2.05) is 0 Å². The number of aromatic nitrogens is 2. The molecule has 1 N–H and O–H groups in total. The molecule has 8 nitrogen and oxygen atoms in total. The largest absolute Gasteiger partial charge is 0.461 e. The summed E-state index contributed by atoms with van der Waals surface area (Å²) < 4.78 is 6.41. The predicted octanol–water partition coefficient (Wildman–Crippen LogP) is 1.74. The van der Waals surface area contributed by atoms with Crippen LogP contribution in [-0.2, 0) is 16.1 Å². The third-order valence-corrected chi connectivity index (χ3v) is 5.67. The molecule has 1 fully saturated rings. The van der Waals surface area contributed by atoms with Crippen molar-refractivity contribution in [3.63, 3.8) is 0 Å². The van der Waals surface area contributed by atoms with Crippen LogP contribution in [0.1, 0.15) is 73.3 Å². The van der Waals surface area contributed by atoms with Crippen molar-refractivity contribution in [1.82, 2.24) is 20.0 Å². The molecule has 2 aliphatic rings. The standard InChI is InChI=1S/C19H28N4O4/c1-4-27-17(25)14-11-15-16(24)22(3)19(2,12-23(15)21-14)18(26)20-13-9-7-5-6-8-10-13/h11,13H,4-10,12H2,1-3H3,(H,20,26)/t19-/m1/s1. The number of rotatable bonds is 4. The second-order valence-corrected chi connectivity index (χ2v) is 7.59. The van der Waals surface area contributed by atoms with Crippen LogP contribution in [0.15, 0.2) is 6.07 Å². The Morgan fingerprint density at radius 2 is 1.96 bits per heavy atom. The molecular weight excluding hydrogens is 348 g/mol. The van der Waals surface area contributed by atoms with Crippen LogP contribution in [0.4, 0.5) is 0 Å². The van der Waals surface area contributed by atoms with E-state index >= 15 is 0 Å². The normalized spacial score (nSPS) is 23.5. The second kappa shape index (κ2) is 7.70. The summed E-state index contributed by atoms with van der Waals surface area (Å²) in [6, 6.07) is 1.58. The van der Waals surface area contributed by atoms with E-state index < -0.39 is 11.5 Å². The lowest BCUT2D eigenvalue weighted by atomic mass is 9.95. The van der Waals surface area contributed by atoms with Gasteiger partial charge in [-0.05, 0) is 26.7 Å². The van der Waals surface area contributed by atoms with Gasteiger partial charge in [-0.3, -0.25) is 14.3 Å². The fourth-order valence-electron chi connectivity index (χ4n) is 3.80. The zero-order chi connectivity index (χ0) is 19.6. The number of carbonyl (C=O) groups is 3. The summed E-state index contributed by atoms with van der Waals surface area (Å²) in [5.41, 5.74) is -0.684. The van der Waals surface area contributed by atoms with Crippen molar-refractivity contribution in [2.24, 2.45) is 0 Å². The molecule has 2 heterocycles. The Bertz CT molecular complexity index is 736. The van der Waals surface area contributed by atoms with Crippen molar-refractivity contribution in [2.75, 3.05) is 13.7 Å². The topological polar surface area (TPSA) is 93.5 Å². The summed E-state index contributed by atoms with van der Waals surface area (Å²) in [5.74, 6) is -1.08. The highest BCUT2D eigenvalue weighted by molar-refractivity contribution is 6.01.